The van der Waals surface area contributed by atoms with Crippen molar-refractivity contribution in [3.8, 4) is 0 Å². The van der Waals surface area contributed by atoms with E-state index in [-0.39, 0.29) is 6.04 Å². The quantitative estimate of drug-likeness (QED) is 0.504. The lowest BCUT2D eigenvalue weighted by atomic mass is 9.84. The minimum absolute atomic E-state index is 0.171. The molecule has 0 bridgehead atoms. The summed E-state index contributed by atoms with van der Waals surface area (Å²) in [5.41, 5.74) is 8.47. The van der Waals surface area contributed by atoms with E-state index in [4.69, 9.17) is 5.73 Å². The molecular formula is C22H25N5O2. The molecule has 2 atom stereocenters. The van der Waals surface area contributed by atoms with Crippen molar-refractivity contribution in [1.82, 2.24) is 9.97 Å². The topological polar surface area (TPSA) is 113 Å². The van der Waals surface area contributed by atoms with E-state index >= 15 is 0 Å². The van der Waals surface area contributed by atoms with Crippen molar-refractivity contribution in [1.29, 1.82) is 0 Å². The average Bonchev–Trinajstić information content (AvgIpc) is 2.74. The molecule has 4 rings (SSSR count). The first kappa shape index (κ1) is 19.1. The summed E-state index contributed by atoms with van der Waals surface area (Å²) in [7, 11) is 0. The first-order valence-corrected chi connectivity index (χ1v) is 9.96. The number of fused-ring (bicyclic) bond motifs is 1. The smallest absolute Gasteiger partial charge is 0.308 e. The average molecular weight is 391 g/mol. The molecule has 0 aliphatic heterocycles. The number of nitrogens with one attached hydrogen (secondary N) is 2. The minimum Gasteiger partial charge on any atom is -0.481 e. The third-order valence-electron chi connectivity index (χ3n) is 5.43. The van der Waals surface area contributed by atoms with E-state index in [1.54, 1.807) is 0 Å². The van der Waals surface area contributed by atoms with Gasteiger partial charge in [-0.2, -0.15) is 4.98 Å². The van der Waals surface area contributed by atoms with Crippen LogP contribution in [-0.2, 0) is 11.3 Å². The highest BCUT2D eigenvalue weighted by atomic mass is 16.4. The Balaban J connectivity index is 1.67. The number of rotatable bonds is 6. The summed E-state index contributed by atoms with van der Waals surface area (Å²) in [6, 6.07) is 15.5. The van der Waals surface area contributed by atoms with E-state index in [2.05, 4.69) is 20.6 Å². The van der Waals surface area contributed by atoms with E-state index < -0.39 is 11.9 Å². The number of benzene rings is 2. The first-order chi connectivity index (χ1) is 14.1. The van der Waals surface area contributed by atoms with Crippen molar-refractivity contribution in [2.24, 2.45) is 11.7 Å². The molecule has 3 aromatic rings. The number of carboxylic acid groups (broad SMARTS) is 1. The van der Waals surface area contributed by atoms with Crippen molar-refractivity contribution < 1.29 is 9.90 Å². The van der Waals surface area contributed by atoms with Crippen molar-refractivity contribution >= 4 is 34.3 Å². The van der Waals surface area contributed by atoms with Crippen LogP contribution in [0.5, 0.6) is 0 Å². The number of aromatic nitrogens is 2. The molecule has 7 nitrogen and oxygen atoms in total. The number of aliphatic carboxylic acids is 1. The van der Waals surface area contributed by atoms with Gasteiger partial charge in [-0.1, -0.05) is 37.1 Å². The van der Waals surface area contributed by atoms with Gasteiger partial charge in [0.25, 0.3) is 0 Å². The van der Waals surface area contributed by atoms with Crippen LogP contribution in [0, 0.1) is 5.92 Å². The largest absolute Gasteiger partial charge is 0.481 e. The molecule has 1 aliphatic carbocycles. The Morgan fingerprint density at radius 2 is 1.93 bits per heavy atom. The molecule has 1 fully saturated rings. The molecule has 0 saturated heterocycles. The van der Waals surface area contributed by atoms with Crippen LogP contribution in [0.2, 0.25) is 0 Å². The Morgan fingerprint density at radius 1 is 1.10 bits per heavy atom. The summed E-state index contributed by atoms with van der Waals surface area (Å²) < 4.78 is 0. The summed E-state index contributed by atoms with van der Waals surface area (Å²) >= 11 is 0. The van der Waals surface area contributed by atoms with Crippen molar-refractivity contribution in [3.63, 3.8) is 0 Å². The summed E-state index contributed by atoms with van der Waals surface area (Å²) in [4.78, 5) is 20.9. The van der Waals surface area contributed by atoms with Crippen LogP contribution >= 0.6 is 0 Å². The highest BCUT2D eigenvalue weighted by Crippen LogP contribution is 2.29. The standard InChI is InChI=1S/C22H25N5O2/c23-13-14-6-5-7-15(12-14)24-20-16-8-1-3-10-18(16)25-22(27-20)26-19-11-4-2-9-17(19)21(28)29/h1,3,5-8,10,12,17,19H,2,4,9,11,13,23H2,(H,28,29)(H2,24,25,26,27)/t17-,19+/m1/s1. The molecule has 1 saturated carbocycles. The molecular weight excluding hydrogens is 366 g/mol. The normalized spacial score (nSPS) is 19.1. The molecule has 1 aromatic heterocycles. The lowest BCUT2D eigenvalue weighted by molar-refractivity contribution is -0.143. The Labute approximate surface area is 169 Å². The number of hydrogen-bond donors (Lipinski definition) is 4. The number of para-hydroxylation sites is 1. The molecule has 1 heterocycles. The molecule has 0 unspecified atom stereocenters. The third kappa shape index (κ3) is 4.30. The van der Waals surface area contributed by atoms with Crippen molar-refractivity contribution in [3.05, 3.63) is 54.1 Å². The molecule has 5 N–H and O–H groups in total. The second-order valence-corrected chi connectivity index (χ2v) is 7.42. The van der Waals surface area contributed by atoms with Crippen LogP contribution in [0.1, 0.15) is 31.2 Å². The van der Waals surface area contributed by atoms with Crippen LogP contribution in [0.15, 0.2) is 48.5 Å². The number of hydrogen-bond acceptors (Lipinski definition) is 6. The Hall–Kier alpha value is -3.19. The van der Waals surface area contributed by atoms with Gasteiger partial charge < -0.3 is 21.5 Å². The van der Waals surface area contributed by atoms with Gasteiger partial charge >= 0.3 is 5.97 Å². The highest BCUT2D eigenvalue weighted by Gasteiger charge is 2.31. The van der Waals surface area contributed by atoms with Gasteiger partial charge in [-0.15, -0.1) is 0 Å². The Kier molecular flexibility index (Phi) is 5.57. The van der Waals surface area contributed by atoms with E-state index in [9.17, 15) is 9.90 Å². The molecule has 0 radical (unpaired) electrons. The second kappa shape index (κ2) is 8.45. The second-order valence-electron chi connectivity index (χ2n) is 7.42. The summed E-state index contributed by atoms with van der Waals surface area (Å²) in [6.45, 7) is 0.463. The third-order valence-corrected chi connectivity index (χ3v) is 5.43. The van der Waals surface area contributed by atoms with Gasteiger partial charge in [-0.3, -0.25) is 4.79 Å². The van der Waals surface area contributed by atoms with Gasteiger partial charge in [0.1, 0.15) is 5.82 Å². The maximum atomic E-state index is 11.6. The van der Waals surface area contributed by atoms with Gasteiger partial charge in [-0.25, -0.2) is 4.98 Å². The maximum absolute atomic E-state index is 11.6. The lowest BCUT2D eigenvalue weighted by Crippen LogP contribution is -2.37. The minimum atomic E-state index is -0.764. The Bertz CT molecular complexity index is 1020. The van der Waals surface area contributed by atoms with Gasteiger partial charge in [0.2, 0.25) is 5.95 Å². The molecule has 7 heteroatoms. The number of anilines is 3. The van der Waals surface area contributed by atoms with Gasteiger partial charge in [0.15, 0.2) is 0 Å². The number of carbonyl (C=O) groups is 1. The van der Waals surface area contributed by atoms with Crippen molar-refractivity contribution in [2.75, 3.05) is 10.6 Å². The van der Waals surface area contributed by atoms with Crippen LogP contribution in [0.3, 0.4) is 0 Å². The summed E-state index contributed by atoms with van der Waals surface area (Å²) in [5.74, 6) is -0.0642. The molecule has 2 aromatic carbocycles. The molecule has 150 valence electrons. The highest BCUT2D eigenvalue weighted by molar-refractivity contribution is 5.91. The van der Waals surface area contributed by atoms with E-state index in [0.717, 1.165) is 41.4 Å². The van der Waals surface area contributed by atoms with E-state index in [0.29, 0.717) is 24.7 Å². The monoisotopic (exact) mass is 391 g/mol. The van der Waals surface area contributed by atoms with Gasteiger partial charge in [-0.05, 0) is 42.7 Å². The zero-order chi connectivity index (χ0) is 20.2. The first-order valence-electron chi connectivity index (χ1n) is 9.96. The zero-order valence-electron chi connectivity index (χ0n) is 16.1. The van der Waals surface area contributed by atoms with Crippen molar-refractivity contribution in [2.45, 2.75) is 38.3 Å². The lowest BCUT2D eigenvalue weighted by Gasteiger charge is -2.29. The fourth-order valence-electron chi connectivity index (χ4n) is 3.91. The summed E-state index contributed by atoms with van der Waals surface area (Å²) in [5, 5.41) is 17.1. The SMILES string of the molecule is NCc1cccc(Nc2nc(N[C@H]3CCCC[C@H]3C(=O)O)nc3ccccc23)c1. The molecule has 0 amide bonds. The van der Waals surface area contributed by atoms with Crippen LogP contribution < -0.4 is 16.4 Å². The molecule has 1 aliphatic rings. The maximum Gasteiger partial charge on any atom is 0.308 e. The van der Waals surface area contributed by atoms with Crippen LogP contribution in [0.4, 0.5) is 17.5 Å². The predicted octanol–water partition coefficient (Wildman–Crippen LogP) is 3.89. The number of nitrogens with two attached hydrogens (primary N) is 1. The van der Waals surface area contributed by atoms with E-state index in [1.165, 1.54) is 0 Å². The van der Waals surface area contributed by atoms with Gasteiger partial charge in [0, 0.05) is 23.7 Å². The number of carboxylic acids is 1. The van der Waals surface area contributed by atoms with Crippen LogP contribution in [0.25, 0.3) is 10.9 Å². The Morgan fingerprint density at radius 3 is 2.76 bits per heavy atom. The molecule has 0 spiro atoms. The zero-order valence-corrected chi connectivity index (χ0v) is 16.1. The predicted molar refractivity (Wildman–Crippen MR) is 114 cm³/mol. The number of nitrogens with zero attached hydrogens (tertiary/aromatic N) is 2. The fourth-order valence-corrected chi connectivity index (χ4v) is 3.91. The fraction of sp³-hybridized carbons (Fsp3) is 0.318. The van der Waals surface area contributed by atoms with E-state index in [1.807, 2.05) is 48.5 Å². The molecule has 29 heavy (non-hydrogen) atoms. The van der Waals surface area contributed by atoms with Gasteiger partial charge in [0.05, 0.1) is 11.4 Å². The van der Waals surface area contributed by atoms with Crippen LogP contribution in [-0.4, -0.2) is 27.1 Å². The summed E-state index contributed by atoms with van der Waals surface area (Å²) in [6.07, 6.45) is 3.43.